The molecule has 1 aliphatic heterocycles. The molecule has 0 aromatic carbocycles. The molecule has 1 heterocycles. The first kappa shape index (κ1) is 12.4. The summed E-state index contributed by atoms with van der Waals surface area (Å²) < 4.78 is 33.4. The second kappa shape index (κ2) is 5.44. The summed E-state index contributed by atoms with van der Waals surface area (Å²) in [7, 11) is -3.02. The third kappa shape index (κ3) is 3.77. The molecule has 1 aliphatic rings. The lowest BCUT2D eigenvalue weighted by Crippen LogP contribution is -2.30. The summed E-state index contributed by atoms with van der Waals surface area (Å²) >= 11 is 0. The molecule has 1 rings (SSSR count). The Hall–Kier alpha value is -0.650. The van der Waals surface area contributed by atoms with E-state index in [-0.39, 0.29) is 23.7 Å². The molecular formula is C10H16O4S. The van der Waals surface area contributed by atoms with Crippen molar-refractivity contribution in [2.75, 3.05) is 24.7 Å². The van der Waals surface area contributed by atoms with E-state index in [1.807, 2.05) is 0 Å². The van der Waals surface area contributed by atoms with Gasteiger partial charge in [0.15, 0.2) is 9.84 Å². The lowest BCUT2D eigenvalue weighted by atomic mass is 10.2. The largest absolute Gasteiger partial charge is 0.370 e. The van der Waals surface area contributed by atoms with Gasteiger partial charge in [-0.05, 0) is 0 Å². The molecule has 0 saturated carbocycles. The Labute approximate surface area is 90.5 Å². The van der Waals surface area contributed by atoms with E-state index in [1.165, 1.54) is 0 Å². The second-order valence-corrected chi connectivity index (χ2v) is 5.55. The van der Waals surface area contributed by atoms with Crippen LogP contribution in [0.4, 0.5) is 0 Å². The highest BCUT2D eigenvalue weighted by molar-refractivity contribution is 7.91. The van der Waals surface area contributed by atoms with Crippen LogP contribution in [0.15, 0.2) is 25.3 Å². The molecule has 4 nitrogen and oxygen atoms in total. The van der Waals surface area contributed by atoms with Gasteiger partial charge in [-0.1, -0.05) is 12.2 Å². The van der Waals surface area contributed by atoms with Crippen LogP contribution in [0, 0.1) is 0 Å². The number of sulfone groups is 1. The first-order chi connectivity index (χ1) is 7.09. The fourth-order valence-electron chi connectivity index (χ4n) is 1.48. The van der Waals surface area contributed by atoms with Gasteiger partial charge in [-0.3, -0.25) is 0 Å². The maximum Gasteiger partial charge on any atom is 0.155 e. The Balaban J connectivity index is 2.56. The Bertz CT molecular complexity index is 294. The van der Waals surface area contributed by atoms with E-state index in [2.05, 4.69) is 13.2 Å². The summed E-state index contributed by atoms with van der Waals surface area (Å²) in [6.07, 6.45) is 2.42. The zero-order valence-corrected chi connectivity index (χ0v) is 9.41. The molecule has 0 unspecified atom stereocenters. The molecule has 2 atom stereocenters. The summed E-state index contributed by atoms with van der Waals surface area (Å²) in [5.41, 5.74) is 0. The van der Waals surface area contributed by atoms with Crippen molar-refractivity contribution in [1.82, 2.24) is 0 Å². The smallest absolute Gasteiger partial charge is 0.155 e. The van der Waals surface area contributed by atoms with Crippen molar-refractivity contribution in [3.8, 4) is 0 Å². The Morgan fingerprint density at radius 3 is 1.80 bits per heavy atom. The summed E-state index contributed by atoms with van der Waals surface area (Å²) in [6, 6.07) is 0. The first-order valence-electron chi connectivity index (χ1n) is 4.74. The molecule has 5 heteroatoms. The van der Waals surface area contributed by atoms with Gasteiger partial charge in [-0.25, -0.2) is 8.42 Å². The summed E-state index contributed by atoms with van der Waals surface area (Å²) in [6.45, 7) is 7.71. The molecule has 15 heavy (non-hydrogen) atoms. The molecule has 86 valence electrons. The van der Waals surface area contributed by atoms with E-state index >= 15 is 0 Å². The summed E-state index contributed by atoms with van der Waals surface area (Å²) in [5.74, 6) is 0.0608. The van der Waals surface area contributed by atoms with Gasteiger partial charge in [-0.15, -0.1) is 13.2 Å². The van der Waals surface area contributed by atoms with Gasteiger partial charge in [0.25, 0.3) is 0 Å². The van der Waals surface area contributed by atoms with Crippen molar-refractivity contribution in [3.05, 3.63) is 25.3 Å². The van der Waals surface area contributed by atoms with Crippen molar-refractivity contribution in [1.29, 1.82) is 0 Å². The quantitative estimate of drug-likeness (QED) is 0.628. The predicted octanol–water partition coefficient (Wildman–Crippen LogP) is 0.557. The number of ether oxygens (including phenoxy) is 2. The van der Waals surface area contributed by atoms with Gasteiger partial charge in [0.05, 0.1) is 36.9 Å². The Kier molecular flexibility index (Phi) is 4.50. The lowest BCUT2D eigenvalue weighted by molar-refractivity contribution is -0.0293. The van der Waals surface area contributed by atoms with E-state index < -0.39 is 9.84 Å². The molecule has 0 N–H and O–H groups in total. The number of hydrogen-bond acceptors (Lipinski definition) is 4. The molecule has 0 radical (unpaired) electrons. The van der Waals surface area contributed by atoms with Gasteiger partial charge in [0.2, 0.25) is 0 Å². The molecule has 1 fully saturated rings. The SMILES string of the molecule is C=CCO[C@@H]1CS(=O)(=O)C[C@H]1OCC=C. The van der Waals surface area contributed by atoms with Crippen molar-refractivity contribution in [2.45, 2.75) is 12.2 Å². The van der Waals surface area contributed by atoms with Gasteiger partial charge >= 0.3 is 0 Å². The standard InChI is InChI=1S/C10H16O4S/c1-3-5-13-9-7-15(11,12)8-10(9)14-6-4-2/h3-4,9-10H,1-2,5-8H2/t9-,10-/m1/s1. The highest BCUT2D eigenvalue weighted by atomic mass is 32.2. The van der Waals surface area contributed by atoms with Crippen LogP contribution >= 0.6 is 0 Å². The van der Waals surface area contributed by atoms with Crippen LogP contribution in [0.2, 0.25) is 0 Å². The third-order valence-electron chi connectivity index (χ3n) is 2.11. The molecule has 0 aliphatic carbocycles. The fourth-order valence-corrected chi connectivity index (χ4v) is 3.24. The van der Waals surface area contributed by atoms with Crippen molar-refractivity contribution in [2.24, 2.45) is 0 Å². The summed E-state index contributed by atoms with van der Waals surface area (Å²) in [4.78, 5) is 0. The average Bonchev–Trinajstić information content (AvgIpc) is 2.47. The lowest BCUT2D eigenvalue weighted by Gasteiger charge is -2.17. The van der Waals surface area contributed by atoms with E-state index in [0.717, 1.165) is 0 Å². The van der Waals surface area contributed by atoms with Crippen molar-refractivity contribution >= 4 is 9.84 Å². The highest BCUT2D eigenvalue weighted by Crippen LogP contribution is 2.19. The van der Waals surface area contributed by atoms with Crippen LogP contribution in [0.3, 0.4) is 0 Å². The zero-order chi connectivity index (χ0) is 11.3. The maximum atomic E-state index is 11.4. The van der Waals surface area contributed by atoms with Gasteiger partial charge < -0.3 is 9.47 Å². The van der Waals surface area contributed by atoms with Crippen LogP contribution in [-0.4, -0.2) is 45.3 Å². The van der Waals surface area contributed by atoms with E-state index in [1.54, 1.807) is 12.2 Å². The van der Waals surface area contributed by atoms with Gasteiger partial charge in [0, 0.05) is 0 Å². The minimum absolute atomic E-state index is 0.0304. The Morgan fingerprint density at radius 2 is 1.47 bits per heavy atom. The average molecular weight is 232 g/mol. The molecular weight excluding hydrogens is 216 g/mol. The normalized spacial score (nSPS) is 28.8. The third-order valence-corrected chi connectivity index (χ3v) is 3.78. The first-order valence-corrected chi connectivity index (χ1v) is 6.56. The summed E-state index contributed by atoms with van der Waals surface area (Å²) in [5, 5.41) is 0. The second-order valence-electron chi connectivity index (χ2n) is 3.40. The number of hydrogen-bond donors (Lipinski definition) is 0. The van der Waals surface area contributed by atoms with E-state index in [9.17, 15) is 8.42 Å². The maximum absolute atomic E-state index is 11.4. The van der Waals surface area contributed by atoms with Gasteiger partial charge in [-0.2, -0.15) is 0 Å². The van der Waals surface area contributed by atoms with E-state index in [4.69, 9.17) is 9.47 Å². The minimum atomic E-state index is -3.02. The van der Waals surface area contributed by atoms with Crippen molar-refractivity contribution in [3.63, 3.8) is 0 Å². The molecule has 0 amide bonds. The topological polar surface area (TPSA) is 52.6 Å². The predicted molar refractivity (Wildman–Crippen MR) is 58.5 cm³/mol. The minimum Gasteiger partial charge on any atom is -0.370 e. The highest BCUT2D eigenvalue weighted by Gasteiger charge is 2.38. The molecule has 1 saturated heterocycles. The Morgan fingerprint density at radius 1 is 1.07 bits per heavy atom. The molecule has 0 aromatic rings. The van der Waals surface area contributed by atoms with Crippen LogP contribution in [0.1, 0.15) is 0 Å². The van der Waals surface area contributed by atoms with E-state index in [0.29, 0.717) is 13.2 Å². The van der Waals surface area contributed by atoms with Crippen LogP contribution < -0.4 is 0 Å². The van der Waals surface area contributed by atoms with Crippen LogP contribution in [-0.2, 0) is 19.3 Å². The van der Waals surface area contributed by atoms with Crippen molar-refractivity contribution < 1.29 is 17.9 Å². The fraction of sp³-hybridized carbons (Fsp3) is 0.600. The molecule has 0 spiro atoms. The van der Waals surface area contributed by atoms with Gasteiger partial charge in [0.1, 0.15) is 0 Å². The van der Waals surface area contributed by atoms with Crippen LogP contribution in [0.5, 0.6) is 0 Å². The molecule has 0 aromatic heterocycles. The molecule has 0 bridgehead atoms. The monoisotopic (exact) mass is 232 g/mol. The van der Waals surface area contributed by atoms with Crippen LogP contribution in [0.25, 0.3) is 0 Å². The number of rotatable bonds is 6. The zero-order valence-electron chi connectivity index (χ0n) is 8.59.